The van der Waals surface area contributed by atoms with Crippen LogP contribution in [0.3, 0.4) is 0 Å². The fourth-order valence-electron chi connectivity index (χ4n) is 2.39. The quantitative estimate of drug-likeness (QED) is 0.288. The van der Waals surface area contributed by atoms with Gasteiger partial charge in [-0.1, -0.05) is 12.1 Å². The highest BCUT2D eigenvalue weighted by Gasteiger charge is 2.30. The van der Waals surface area contributed by atoms with Gasteiger partial charge in [-0.15, -0.1) is 37.1 Å². The van der Waals surface area contributed by atoms with Crippen molar-refractivity contribution in [3.8, 4) is 5.75 Å². The first kappa shape index (κ1) is 20.8. The zero-order chi connectivity index (χ0) is 18.7. The second-order valence-corrected chi connectivity index (χ2v) is 5.55. The number of aliphatic imine (C=N–C) groups is 1. The maximum atomic E-state index is 12.1. The standard InChI is InChI=1S/C17H16F3N5O.HI/c1-10-3-2-4-13-15(10)25-14(24-13)9-22-16(21)23-11-5-7-12(8-6-11)26-17(18,19)20;/h2-8H,9H2,1H3,(H,24,25)(H3,21,22,23);1H. The van der Waals surface area contributed by atoms with Crippen LogP contribution in [0.5, 0.6) is 5.75 Å². The van der Waals surface area contributed by atoms with Gasteiger partial charge in [0.25, 0.3) is 0 Å². The van der Waals surface area contributed by atoms with Gasteiger partial charge in [-0.25, -0.2) is 9.98 Å². The Morgan fingerprint density at radius 2 is 1.93 bits per heavy atom. The number of aromatic nitrogens is 2. The number of para-hydroxylation sites is 1. The SMILES string of the molecule is Cc1cccc2[nH]c(CN=C(N)Nc3ccc(OC(F)(F)F)cc3)nc12.I. The van der Waals surface area contributed by atoms with Crippen molar-refractivity contribution in [2.24, 2.45) is 10.7 Å². The highest BCUT2D eigenvalue weighted by atomic mass is 127. The van der Waals surface area contributed by atoms with Crippen molar-refractivity contribution in [2.75, 3.05) is 5.32 Å². The number of H-pyrrole nitrogens is 1. The van der Waals surface area contributed by atoms with E-state index in [9.17, 15) is 13.2 Å². The minimum absolute atomic E-state index is 0. The van der Waals surface area contributed by atoms with Gasteiger partial charge in [0, 0.05) is 5.69 Å². The Labute approximate surface area is 170 Å². The number of alkyl halides is 3. The third kappa shape index (κ3) is 5.74. The number of fused-ring (bicyclic) bond motifs is 1. The number of guanidine groups is 1. The van der Waals surface area contributed by atoms with Gasteiger partial charge in [0.1, 0.15) is 18.1 Å². The fraction of sp³-hybridized carbons (Fsp3) is 0.176. The highest BCUT2D eigenvalue weighted by molar-refractivity contribution is 14.0. The Morgan fingerprint density at radius 1 is 1.22 bits per heavy atom. The van der Waals surface area contributed by atoms with Crippen molar-refractivity contribution in [3.05, 3.63) is 53.9 Å². The van der Waals surface area contributed by atoms with Crippen LogP contribution in [0.25, 0.3) is 11.0 Å². The second-order valence-electron chi connectivity index (χ2n) is 5.55. The smallest absolute Gasteiger partial charge is 0.406 e. The maximum Gasteiger partial charge on any atom is 0.573 e. The molecule has 1 heterocycles. The lowest BCUT2D eigenvalue weighted by Crippen LogP contribution is -2.22. The van der Waals surface area contributed by atoms with E-state index in [0.717, 1.165) is 16.6 Å². The lowest BCUT2D eigenvalue weighted by Gasteiger charge is -2.10. The topological polar surface area (TPSA) is 88.3 Å². The molecule has 3 aromatic rings. The molecule has 3 rings (SSSR count). The number of nitrogens with zero attached hydrogens (tertiary/aromatic N) is 2. The minimum atomic E-state index is -4.72. The first-order valence-corrected chi connectivity index (χ1v) is 7.67. The van der Waals surface area contributed by atoms with Crippen LogP contribution in [0, 0.1) is 6.92 Å². The van der Waals surface area contributed by atoms with E-state index in [-0.39, 0.29) is 42.2 Å². The number of rotatable bonds is 4. The number of aryl methyl sites for hydroxylation is 1. The predicted octanol–water partition coefficient (Wildman–Crippen LogP) is 4.31. The number of hydrogen-bond acceptors (Lipinski definition) is 3. The van der Waals surface area contributed by atoms with E-state index < -0.39 is 6.36 Å². The van der Waals surface area contributed by atoms with Gasteiger partial charge >= 0.3 is 6.36 Å². The predicted molar refractivity (Wildman–Crippen MR) is 108 cm³/mol. The first-order chi connectivity index (χ1) is 12.3. The number of aromatic amines is 1. The molecule has 0 spiro atoms. The van der Waals surface area contributed by atoms with Crippen LogP contribution in [-0.4, -0.2) is 22.3 Å². The summed E-state index contributed by atoms with van der Waals surface area (Å²) in [4.78, 5) is 11.8. The Kier molecular flexibility index (Phi) is 6.52. The summed E-state index contributed by atoms with van der Waals surface area (Å²) < 4.78 is 40.2. The highest BCUT2D eigenvalue weighted by Crippen LogP contribution is 2.23. The number of nitrogens with one attached hydrogen (secondary N) is 2. The van der Waals surface area contributed by atoms with Crippen molar-refractivity contribution < 1.29 is 17.9 Å². The summed E-state index contributed by atoms with van der Waals surface area (Å²) in [5.41, 5.74) is 9.15. The maximum absolute atomic E-state index is 12.1. The van der Waals surface area contributed by atoms with Crippen LogP contribution < -0.4 is 15.8 Å². The zero-order valence-electron chi connectivity index (χ0n) is 14.2. The van der Waals surface area contributed by atoms with Gasteiger partial charge in [0.15, 0.2) is 5.96 Å². The molecule has 0 bridgehead atoms. The number of nitrogens with two attached hydrogens (primary N) is 1. The molecule has 0 aliphatic carbocycles. The van der Waals surface area contributed by atoms with Gasteiger partial charge in [0.2, 0.25) is 0 Å². The average molecular weight is 491 g/mol. The van der Waals surface area contributed by atoms with E-state index in [2.05, 4.69) is 25.0 Å². The second kappa shape index (κ2) is 8.46. The molecule has 6 nitrogen and oxygen atoms in total. The molecule has 2 aromatic carbocycles. The van der Waals surface area contributed by atoms with Gasteiger partial charge in [-0.05, 0) is 42.8 Å². The Balaban J connectivity index is 0.00000261. The fourth-order valence-corrected chi connectivity index (χ4v) is 2.39. The number of imidazole rings is 1. The van der Waals surface area contributed by atoms with Gasteiger partial charge < -0.3 is 20.8 Å². The van der Waals surface area contributed by atoms with Crippen LogP contribution >= 0.6 is 24.0 Å². The van der Waals surface area contributed by atoms with Crippen molar-refractivity contribution in [2.45, 2.75) is 19.8 Å². The van der Waals surface area contributed by atoms with Crippen LogP contribution in [-0.2, 0) is 6.54 Å². The molecule has 0 saturated carbocycles. The number of benzene rings is 2. The van der Waals surface area contributed by atoms with Gasteiger partial charge in [-0.3, -0.25) is 0 Å². The van der Waals surface area contributed by atoms with Crippen molar-refractivity contribution in [3.63, 3.8) is 0 Å². The summed E-state index contributed by atoms with van der Waals surface area (Å²) in [7, 11) is 0. The van der Waals surface area contributed by atoms with Crippen molar-refractivity contribution in [1.82, 2.24) is 9.97 Å². The summed E-state index contributed by atoms with van der Waals surface area (Å²) in [6.45, 7) is 2.21. The molecule has 0 fully saturated rings. The molecular formula is C17H17F3IN5O. The molecule has 0 aliphatic heterocycles. The summed E-state index contributed by atoms with van der Waals surface area (Å²) in [6, 6.07) is 11.0. The van der Waals surface area contributed by atoms with Crippen molar-refractivity contribution in [1.29, 1.82) is 0 Å². The van der Waals surface area contributed by atoms with Crippen molar-refractivity contribution >= 4 is 46.7 Å². The summed E-state index contributed by atoms with van der Waals surface area (Å²) in [6.07, 6.45) is -4.72. The Hall–Kier alpha value is -2.50. The lowest BCUT2D eigenvalue weighted by atomic mass is 10.2. The molecule has 4 N–H and O–H groups in total. The molecule has 0 saturated heterocycles. The van der Waals surface area contributed by atoms with E-state index in [0.29, 0.717) is 11.5 Å². The molecule has 10 heteroatoms. The van der Waals surface area contributed by atoms with E-state index in [1.807, 2.05) is 25.1 Å². The third-order valence-electron chi connectivity index (χ3n) is 3.52. The number of anilines is 1. The third-order valence-corrected chi connectivity index (χ3v) is 3.52. The normalized spacial score (nSPS) is 11.9. The summed E-state index contributed by atoms with van der Waals surface area (Å²) in [5, 5.41) is 2.80. The molecule has 0 amide bonds. The lowest BCUT2D eigenvalue weighted by molar-refractivity contribution is -0.274. The zero-order valence-corrected chi connectivity index (χ0v) is 16.5. The van der Waals surface area contributed by atoms with Crippen LogP contribution in [0.2, 0.25) is 0 Å². The number of hydrogen-bond donors (Lipinski definition) is 3. The van der Waals surface area contributed by atoms with Crippen LogP contribution in [0.15, 0.2) is 47.5 Å². The molecule has 1 aromatic heterocycles. The minimum Gasteiger partial charge on any atom is -0.406 e. The summed E-state index contributed by atoms with van der Waals surface area (Å²) >= 11 is 0. The van der Waals surface area contributed by atoms with E-state index in [1.165, 1.54) is 24.3 Å². The molecule has 0 unspecified atom stereocenters. The van der Waals surface area contributed by atoms with Crippen LogP contribution in [0.4, 0.5) is 18.9 Å². The number of ether oxygens (including phenoxy) is 1. The molecule has 0 atom stereocenters. The van der Waals surface area contributed by atoms with E-state index >= 15 is 0 Å². The first-order valence-electron chi connectivity index (χ1n) is 7.67. The molecule has 0 radical (unpaired) electrons. The van der Waals surface area contributed by atoms with Gasteiger partial charge in [-0.2, -0.15) is 0 Å². The summed E-state index contributed by atoms with van der Waals surface area (Å²) in [5.74, 6) is 0.468. The van der Waals surface area contributed by atoms with E-state index in [4.69, 9.17) is 5.73 Å². The average Bonchev–Trinajstić information content (AvgIpc) is 2.98. The largest absolute Gasteiger partial charge is 0.573 e. The monoisotopic (exact) mass is 491 g/mol. The van der Waals surface area contributed by atoms with Crippen LogP contribution in [0.1, 0.15) is 11.4 Å². The molecule has 27 heavy (non-hydrogen) atoms. The molecular weight excluding hydrogens is 474 g/mol. The number of halogens is 4. The van der Waals surface area contributed by atoms with E-state index in [1.54, 1.807) is 0 Å². The molecule has 144 valence electrons. The molecule has 0 aliphatic rings. The Bertz CT molecular complexity index is 938. The Morgan fingerprint density at radius 3 is 2.56 bits per heavy atom. The van der Waals surface area contributed by atoms with Gasteiger partial charge in [0.05, 0.1) is 11.0 Å².